The van der Waals surface area contributed by atoms with E-state index in [0.29, 0.717) is 6.04 Å². The van der Waals surface area contributed by atoms with Crippen molar-refractivity contribution in [3.8, 4) is 0 Å². The highest BCUT2D eigenvalue weighted by atomic mass is 15.0. The number of hydrogen-bond donors (Lipinski definition) is 2. The summed E-state index contributed by atoms with van der Waals surface area (Å²) in [5.41, 5.74) is 5.91. The number of rotatable bonds is 5. The average Bonchev–Trinajstić information content (AvgIpc) is 2.82. The molecule has 0 saturated heterocycles. The van der Waals surface area contributed by atoms with Gasteiger partial charge in [0.15, 0.2) is 0 Å². The van der Waals surface area contributed by atoms with Crippen molar-refractivity contribution in [3.05, 3.63) is 0 Å². The Balaban J connectivity index is 1.70. The zero-order valence-electron chi connectivity index (χ0n) is 10.6. The van der Waals surface area contributed by atoms with Crippen LogP contribution in [0.2, 0.25) is 0 Å². The van der Waals surface area contributed by atoms with Crippen LogP contribution in [0.25, 0.3) is 0 Å². The Hall–Kier alpha value is -0.0800. The molecule has 0 heterocycles. The number of hydrogen-bond acceptors (Lipinski definition) is 2. The van der Waals surface area contributed by atoms with E-state index in [0.717, 1.165) is 18.5 Å². The highest BCUT2D eigenvalue weighted by Crippen LogP contribution is 2.28. The topological polar surface area (TPSA) is 38.0 Å². The first-order valence-electron chi connectivity index (χ1n) is 7.34. The van der Waals surface area contributed by atoms with Crippen molar-refractivity contribution in [2.45, 2.75) is 76.3 Å². The van der Waals surface area contributed by atoms with Crippen LogP contribution >= 0.6 is 0 Å². The lowest BCUT2D eigenvalue weighted by atomic mass is 9.84. The molecule has 0 bridgehead atoms. The van der Waals surface area contributed by atoms with Crippen LogP contribution in [0.1, 0.15) is 64.2 Å². The summed E-state index contributed by atoms with van der Waals surface area (Å²) in [7, 11) is 0. The van der Waals surface area contributed by atoms with E-state index in [1.807, 2.05) is 0 Å². The Labute approximate surface area is 100 Å². The Kier molecular flexibility index (Phi) is 5.11. The molecular formula is C14H28N2. The largest absolute Gasteiger partial charge is 0.329 e. The second-order valence-electron chi connectivity index (χ2n) is 5.82. The van der Waals surface area contributed by atoms with Crippen LogP contribution in [0.3, 0.4) is 0 Å². The maximum absolute atomic E-state index is 5.91. The second-order valence-corrected chi connectivity index (χ2v) is 5.82. The van der Waals surface area contributed by atoms with Crippen molar-refractivity contribution in [2.75, 3.05) is 6.54 Å². The molecule has 1 unspecified atom stereocenters. The fourth-order valence-electron chi connectivity index (χ4n) is 3.48. The van der Waals surface area contributed by atoms with Gasteiger partial charge in [0.25, 0.3) is 0 Å². The van der Waals surface area contributed by atoms with Crippen LogP contribution in [0.5, 0.6) is 0 Å². The van der Waals surface area contributed by atoms with E-state index in [9.17, 15) is 0 Å². The Morgan fingerprint density at radius 1 is 0.938 bits per heavy atom. The number of nitrogens with one attached hydrogen (secondary N) is 1. The molecule has 0 aliphatic heterocycles. The van der Waals surface area contributed by atoms with E-state index in [4.69, 9.17) is 5.73 Å². The maximum Gasteiger partial charge on any atom is 0.0195 e. The minimum atomic E-state index is 0.589. The minimum Gasteiger partial charge on any atom is -0.329 e. The smallest absolute Gasteiger partial charge is 0.0195 e. The molecule has 3 N–H and O–H groups in total. The van der Waals surface area contributed by atoms with Crippen LogP contribution in [0, 0.1) is 5.92 Å². The molecule has 0 aromatic carbocycles. The van der Waals surface area contributed by atoms with E-state index in [1.165, 1.54) is 64.2 Å². The maximum atomic E-state index is 5.91. The molecule has 0 aromatic heterocycles. The van der Waals surface area contributed by atoms with Crippen molar-refractivity contribution in [1.29, 1.82) is 0 Å². The monoisotopic (exact) mass is 224 g/mol. The first kappa shape index (κ1) is 12.4. The van der Waals surface area contributed by atoms with Gasteiger partial charge in [-0.2, -0.15) is 0 Å². The van der Waals surface area contributed by atoms with E-state index >= 15 is 0 Å². The van der Waals surface area contributed by atoms with E-state index in [-0.39, 0.29) is 0 Å². The van der Waals surface area contributed by atoms with Gasteiger partial charge in [-0.25, -0.2) is 0 Å². The molecule has 0 radical (unpaired) electrons. The van der Waals surface area contributed by atoms with E-state index in [2.05, 4.69) is 5.32 Å². The third-order valence-electron chi connectivity index (χ3n) is 4.45. The normalized spacial score (nSPS) is 26.1. The van der Waals surface area contributed by atoms with Gasteiger partial charge in [0.1, 0.15) is 0 Å². The summed E-state index contributed by atoms with van der Waals surface area (Å²) in [6.07, 6.45) is 14.2. The summed E-state index contributed by atoms with van der Waals surface area (Å²) < 4.78 is 0. The number of nitrogens with two attached hydrogens (primary N) is 1. The van der Waals surface area contributed by atoms with Gasteiger partial charge in [0.2, 0.25) is 0 Å². The molecule has 0 aromatic rings. The van der Waals surface area contributed by atoms with Gasteiger partial charge in [-0.1, -0.05) is 44.9 Å². The molecule has 2 aliphatic rings. The molecule has 16 heavy (non-hydrogen) atoms. The first-order chi connectivity index (χ1) is 7.88. The standard InChI is InChI=1S/C14H28N2/c15-11-14(16-13-8-4-5-9-13)10-12-6-2-1-3-7-12/h12-14,16H,1-11,15H2. The lowest BCUT2D eigenvalue weighted by Crippen LogP contribution is -2.43. The van der Waals surface area contributed by atoms with Crippen LogP contribution < -0.4 is 11.1 Å². The van der Waals surface area contributed by atoms with Crippen molar-refractivity contribution < 1.29 is 0 Å². The summed E-state index contributed by atoms with van der Waals surface area (Å²) in [5, 5.41) is 3.79. The Bertz CT molecular complexity index is 181. The van der Waals surface area contributed by atoms with Gasteiger partial charge < -0.3 is 11.1 Å². The van der Waals surface area contributed by atoms with Crippen molar-refractivity contribution in [3.63, 3.8) is 0 Å². The summed E-state index contributed by atoms with van der Waals surface area (Å²) in [4.78, 5) is 0. The van der Waals surface area contributed by atoms with Crippen LogP contribution in [0.15, 0.2) is 0 Å². The molecular weight excluding hydrogens is 196 g/mol. The van der Waals surface area contributed by atoms with Crippen molar-refractivity contribution in [2.24, 2.45) is 11.7 Å². The summed E-state index contributed by atoms with van der Waals surface area (Å²) in [6, 6.07) is 1.36. The molecule has 0 spiro atoms. The zero-order valence-corrected chi connectivity index (χ0v) is 10.6. The molecule has 0 amide bonds. The molecule has 2 heteroatoms. The fourth-order valence-corrected chi connectivity index (χ4v) is 3.48. The van der Waals surface area contributed by atoms with Crippen molar-refractivity contribution >= 4 is 0 Å². The van der Waals surface area contributed by atoms with Gasteiger partial charge in [-0.05, 0) is 25.2 Å². The van der Waals surface area contributed by atoms with Crippen LogP contribution in [-0.2, 0) is 0 Å². The molecule has 2 rings (SSSR count). The highest BCUT2D eigenvalue weighted by molar-refractivity contribution is 4.81. The Morgan fingerprint density at radius 2 is 1.56 bits per heavy atom. The van der Waals surface area contributed by atoms with Crippen LogP contribution in [-0.4, -0.2) is 18.6 Å². The SMILES string of the molecule is NCC(CC1CCCCC1)NC1CCCC1. The third kappa shape index (κ3) is 3.74. The predicted molar refractivity (Wildman–Crippen MR) is 69.4 cm³/mol. The molecule has 1 atom stereocenters. The third-order valence-corrected chi connectivity index (χ3v) is 4.45. The average molecular weight is 224 g/mol. The molecule has 94 valence electrons. The summed E-state index contributed by atoms with van der Waals surface area (Å²) in [5.74, 6) is 0.955. The minimum absolute atomic E-state index is 0.589. The summed E-state index contributed by atoms with van der Waals surface area (Å²) in [6.45, 7) is 0.826. The van der Waals surface area contributed by atoms with Crippen molar-refractivity contribution in [1.82, 2.24) is 5.32 Å². The zero-order chi connectivity index (χ0) is 11.2. The van der Waals surface area contributed by atoms with Gasteiger partial charge in [-0.15, -0.1) is 0 Å². The molecule has 2 aliphatic carbocycles. The summed E-state index contributed by atoms with van der Waals surface area (Å²) >= 11 is 0. The van der Waals surface area contributed by atoms with Gasteiger partial charge in [-0.3, -0.25) is 0 Å². The fraction of sp³-hybridized carbons (Fsp3) is 1.00. The second kappa shape index (κ2) is 6.61. The quantitative estimate of drug-likeness (QED) is 0.753. The lowest BCUT2D eigenvalue weighted by Gasteiger charge is -2.28. The predicted octanol–water partition coefficient (Wildman–Crippen LogP) is 2.82. The molecule has 2 fully saturated rings. The van der Waals surface area contributed by atoms with E-state index < -0.39 is 0 Å². The lowest BCUT2D eigenvalue weighted by molar-refractivity contribution is 0.287. The molecule has 2 saturated carbocycles. The van der Waals surface area contributed by atoms with Crippen LogP contribution in [0.4, 0.5) is 0 Å². The van der Waals surface area contributed by atoms with E-state index in [1.54, 1.807) is 0 Å². The van der Waals surface area contributed by atoms with Gasteiger partial charge in [0.05, 0.1) is 0 Å². The highest BCUT2D eigenvalue weighted by Gasteiger charge is 2.22. The molecule has 2 nitrogen and oxygen atoms in total. The van der Waals surface area contributed by atoms with Gasteiger partial charge >= 0.3 is 0 Å². The Morgan fingerprint density at radius 3 is 2.19 bits per heavy atom. The first-order valence-corrected chi connectivity index (χ1v) is 7.34. The van der Waals surface area contributed by atoms with Gasteiger partial charge in [0, 0.05) is 18.6 Å².